The molecule has 2 aromatic rings. The molecule has 1 amide bonds. The maximum Gasteiger partial charge on any atom is 0.270 e. The second kappa shape index (κ2) is 6.39. The molecular weight excluding hydrogens is 429 g/mol. The van der Waals surface area contributed by atoms with Crippen LogP contribution in [0.15, 0.2) is 53.4 Å². The highest BCUT2D eigenvalue weighted by atomic mass is 127. The van der Waals surface area contributed by atoms with Crippen molar-refractivity contribution in [1.82, 2.24) is 0 Å². The highest BCUT2D eigenvalue weighted by molar-refractivity contribution is 14.1. The van der Waals surface area contributed by atoms with Gasteiger partial charge < -0.3 is 5.11 Å². The molecule has 0 unspecified atom stereocenters. The van der Waals surface area contributed by atoms with Crippen LogP contribution in [0.4, 0.5) is 5.69 Å². The molecule has 110 valence electrons. The third-order valence-corrected chi connectivity index (χ3v) is 5.24. The van der Waals surface area contributed by atoms with E-state index in [1.54, 1.807) is 18.2 Å². The number of carbonyl (C=O) groups excluding carboxylic acids is 1. The summed E-state index contributed by atoms with van der Waals surface area (Å²) in [5.41, 5.74) is 1.63. The normalized spacial score (nSPS) is 16.6. The molecule has 2 aromatic carbocycles. The molecule has 0 spiro atoms. The van der Waals surface area contributed by atoms with Gasteiger partial charge in [0, 0.05) is 0 Å². The average Bonchev–Trinajstić information content (AvgIpc) is 2.78. The average molecular weight is 439 g/mol. The number of hydrogen-bond donors (Lipinski definition) is 1. The van der Waals surface area contributed by atoms with Crippen LogP contribution < -0.4 is 4.90 Å². The minimum atomic E-state index is -0.121. The van der Waals surface area contributed by atoms with Gasteiger partial charge >= 0.3 is 0 Å². The molecule has 6 heteroatoms. The van der Waals surface area contributed by atoms with Gasteiger partial charge in [-0.3, -0.25) is 9.69 Å². The van der Waals surface area contributed by atoms with Gasteiger partial charge in [-0.2, -0.15) is 0 Å². The summed E-state index contributed by atoms with van der Waals surface area (Å²) in [4.78, 5) is 14.7. The minimum absolute atomic E-state index is 0.121. The van der Waals surface area contributed by atoms with Crippen molar-refractivity contribution >= 4 is 68.6 Å². The Hall–Kier alpha value is -1.38. The van der Waals surface area contributed by atoms with E-state index in [0.29, 0.717) is 9.23 Å². The standard InChI is InChI=1S/C16H10INO2S2/c17-12-8-10(6-7-13(12)19)9-14-15(20)18(16(21)22-14)11-4-2-1-3-5-11/h1-9,19H. The topological polar surface area (TPSA) is 40.5 Å². The molecular formula is C16H10INO2S2. The van der Waals surface area contributed by atoms with Crippen LogP contribution in [0.2, 0.25) is 0 Å². The van der Waals surface area contributed by atoms with Crippen LogP contribution in [0.3, 0.4) is 0 Å². The van der Waals surface area contributed by atoms with Crippen molar-refractivity contribution in [3.05, 3.63) is 62.6 Å². The first-order chi connectivity index (χ1) is 10.6. The number of carbonyl (C=O) groups is 1. The lowest BCUT2D eigenvalue weighted by Crippen LogP contribution is -2.27. The number of benzene rings is 2. The van der Waals surface area contributed by atoms with Crippen LogP contribution >= 0.6 is 46.6 Å². The molecule has 0 atom stereocenters. The quantitative estimate of drug-likeness (QED) is 0.428. The van der Waals surface area contributed by atoms with E-state index in [-0.39, 0.29) is 11.7 Å². The number of thiocarbonyl (C=S) groups is 1. The zero-order valence-electron chi connectivity index (χ0n) is 11.2. The highest BCUT2D eigenvalue weighted by Gasteiger charge is 2.33. The lowest BCUT2D eigenvalue weighted by molar-refractivity contribution is -0.113. The van der Waals surface area contributed by atoms with Crippen LogP contribution in [-0.4, -0.2) is 15.3 Å². The predicted octanol–water partition coefficient (Wildman–Crippen LogP) is 4.40. The van der Waals surface area contributed by atoms with E-state index >= 15 is 0 Å². The Balaban J connectivity index is 1.93. The van der Waals surface area contributed by atoms with Gasteiger partial charge in [-0.05, 0) is 58.5 Å². The molecule has 1 saturated heterocycles. The molecule has 1 aliphatic rings. The van der Waals surface area contributed by atoms with Gasteiger partial charge in [0.15, 0.2) is 4.32 Å². The van der Waals surface area contributed by atoms with Gasteiger partial charge in [-0.15, -0.1) is 0 Å². The Morgan fingerprint density at radius 3 is 2.59 bits per heavy atom. The van der Waals surface area contributed by atoms with Crippen LogP contribution in [0, 0.1) is 3.57 Å². The van der Waals surface area contributed by atoms with Crippen molar-refractivity contribution in [3.8, 4) is 5.75 Å². The first kappa shape index (κ1) is 15.5. The van der Waals surface area contributed by atoms with Crippen molar-refractivity contribution in [3.63, 3.8) is 0 Å². The molecule has 3 nitrogen and oxygen atoms in total. The number of phenolic OH excluding ortho intramolecular Hbond substituents is 1. The molecule has 22 heavy (non-hydrogen) atoms. The fraction of sp³-hybridized carbons (Fsp3) is 0. The van der Waals surface area contributed by atoms with Gasteiger partial charge in [-0.25, -0.2) is 0 Å². The SMILES string of the molecule is O=C1C(=Cc2ccc(O)c(I)c2)SC(=S)N1c1ccccc1. The smallest absolute Gasteiger partial charge is 0.270 e. The number of phenols is 1. The van der Waals surface area contributed by atoms with Crippen molar-refractivity contribution in [2.75, 3.05) is 4.90 Å². The van der Waals surface area contributed by atoms with Crippen LogP contribution in [-0.2, 0) is 4.79 Å². The summed E-state index contributed by atoms with van der Waals surface area (Å²) in [5.74, 6) is 0.110. The Morgan fingerprint density at radius 2 is 1.91 bits per heavy atom. The first-order valence-corrected chi connectivity index (χ1v) is 8.68. The van der Waals surface area contributed by atoms with Crippen LogP contribution in [0.25, 0.3) is 6.08 Å². The number of hydrogen-bond acceptors (Lipinski definition) is 4. The Labute approximate surface area is 151 Å². The second-order valence-corrected chi connectivity index (χ2v) is 7.40. The number of thioether (sulfide) groups is 1. The van der Waals surface area contributed by atoms with Gasteiger partial charge in [0.05, 0.1) is 14.2 Å². The number of anilines is 1. The molecule has 1 fully saturated rings. The number of rotatable bonds is 2. The van der Waals surface area contributed by atoms with Gasteiger partial charge in [0.25, 0.3) is 5.91 Å². The van der Waals surface area contributed by atoms with E-state index in [1.807, 2.05) is 36.4 Å². The number of amides is 1. The molecule has 1 aliphatic heterocycles. The predicted molar refractivity (Wildman–Crippen MR) is 103 cm³/mol. The van der Waals surface area contributed by atoms with E-state index in [9.17, 15) is 9.90 Å². The second-order valence-electron chi connectivity index (χ2n) is 4.56. The van der Waals surface area contributed by atoms with Crippen molar-refractivity contribution in [2.45, 2.75) is 0 Å². The molecule has 1 heterocycles. The summed E-state index contributed by atoms with van der Waals surface area (Å²) in [6, 6.07) is 14.6. The summed E-state index contributed by atoms with van der Waals surface area (Å²) >= 11 is 8.66. The van der Waals surface area contributed by atoms with Crippen LogP contribution in [0.5, 0.6) is 5.75 Å². The van der Waals surface area contributed by atoms with Crippen molar-refractivity contribution in [1.29, 1.82) is 0 Å². The zero-order chi connectivity index (χ0) is 15.7. The third kappa shape index (κ3) is 3.04. The lowest BCUT2D eigenvalue weighted by Gasteiger charge is -2.13. The maximum absolute atomic E-state index is 12.6. The molecule has 0 saturated carbocycles. The zero-order valence-corrected chi connectivity index (χ0v) is 15.0. The fourth-order valence-corrected chi connectivity index (χ4v) is 3.87. The number of aromatic hydroxyl groups is 1. The number of halogens is 1. The Morgan fingerprint density at radius 1 is 1.18 bits per heavy atom. The van der Waals surface area contributed by atoms with Crippen molar-refractivity contribution in [2.24, 2.45) is 0 Å². The minimum Gasteiger partial charge on any atom is -0.507 e. The van der Waals surface area contributed by atoms with E-state index in [2.05, 4.69) is 22.6 Å². The van der Waals surface area contributed by atoms with E-state index in [4.69, 9.17) is 12.2 Å². The molecule has 0 aliphatic carbocycles. The number of para-hydroxylation sites is 1. The molecule has 3 rings (SSSR count). The molecule has 1 N–H and O–H groups in total. The third-order valence-electron chi connectivity index (χ3n) is 3.08. The van der Waals surface area contributed by atoms with E-state index in [0.717, 1.165) is 14.8 Å². The van der Waals surface area contributed by atoms with Crippen LogP contribution in [0.1, 0.15) is 5.56 Å². The summed E-state index contributed by atoms with van der Waals surface area (Å²) in [6.45, 7) is 0. The first-order valence-electron chi connectivity index (χ1n) is 6.38. The Bertz CT molecular complexity index is 790. The number of nitrogens with zero attached hydrogens (tertiary/aromatic N) is 1. The van der Waals surface area contributed by atoms with E-state index < -0.39 is 0 Å². The fourth-order valence-electron chi connectivity index (χ4n) is 2.03. The highest BCUT2D eigenvalue weighted by Crippen LogP contribution is 2.36. The monoisotopic (exact) mass is 439 g/mol. The van der Waals surface area contributed by atoms with E-state index in [1.165, 1.54) is 16.7 Å². The largest absolute Gasteiger partial charge is 0.507 e. The summed E-state index contributed by atoms with van der Waals surface area (Å²) in [6.07, 6.45) is 1.80. The van der Waals surface area contributed by atoms with Gasteiger partial charge in [-0.1, -0.05) is 48.2 Å². The summed E-state index contributed by atoms with van der Waals surface area (Å²) < 4.78 is 1.26. The maximum atomic E-state index is 12.6. The van der Waals surface area contributed by atoms with Gasteiger partial charge in [0.1, 0.15) is 5.75 Å². The van der Waals surface area contributed by atoms with Crippen molar-refractivity contribution < 1.29 is 9.90 Å². The molecule has 0 bridgehead atoms. The Kier molecular flexibility index (Phi) is 4.51. The lowest BCUT2D eigenvalue weighted by atomic mass is 10.2. The van der Waals surface area contributed by atoms with Gasteiger partial charge in [0.2, 0.25) is 0 Å². The molecule has 0 aromatic heterocycles. The molecule has 0 radical (unpaired) electrons. The summed E-state index contributed by atoms with van der Waals surface area (Å²) in [5, 5.41) is 9.56. The summed E-state index contributed by atoms with van der Waals surface area (Å²) in [7, 11) is 0.